The zero-order valence-electron chi connectivity index (χ0n) is 17.2. The summed E-state index contributed by atoms with van der Waals surface area (Å²) in [5.41, 5.74) is 5.19. The lowest BCUT2D eigenvalue weighted by atomic mass is 10.1. The number of benzene rings is 1. The Morgan fingerprint density at radius 1 is 1.25 bits per heavy atom. The summed E-state index contributed by atoms with van der Waals surface area (Å²) in [6.45, 7) is 8.47. The van der Waals surface area contributed by atoms with Crippen LogP contribution in [-0.4, -0.2) is 32.8 Å². The minimum Gasteiger partial charge on any atom is -0.488 e. The van der Waals surface area contributed by atoms with Gasteiger partial charge in [0.05, 0.1) is 11.8 Å². The number of hydrogen-bond acceptors (Lipinski definition) is 5. The average Bonchev–Trinajstić information content (AvgIpc) is 3.17. The van der Waals surface area contributed by atoms with Crippen molar-refractivity contribution in [1.82, 2.24) is 19.8 Å². The second-order valence-corrected chi connectivity index (χ2v) is 7.16. The van der Waals surface area contributed by atoms with E-state index in [1.165, 1.54) is 5.56 Å². The second kappa shape index (κ2) is 7.88. The van der Waals surface area contributed by atoms with Crippen LogP contribution in [0.2, 0.25) is 0 Å². The summed E-state index contributed by atoms with van der Waals surface area (Å²) in [5, 5.41) is 8.21. The molecule has 2 heterocycles. The van der Waals surface area contributed by atoms with E-state index in [9.17, 15) is 4.79 Å². The smallest absolute Gasteiger partial charge is 0.276 e. The molecule has 0 fully saturated rings. The Bertz CT molecular complexity index is 1000. The van der Waals surface area contributed by atoms with Gasteiger partial charge in [-0.2, -0.15) is 5.10 Å². The zero-order chi connectivity index (χ0) is 20.4. The van der Waals surface area contributed by atoms with Crippen LogP contribution in [0.1, 0.15) is 44.2 Å². The summed E-state index contributed by atoms with van der Waals surface area (Å²) in [4.78, 5) is 14.6. The molecule has 7 heteroatoms. The van der Waals surface area contributed by atoms with Gasteiger partial charge in [0.2, 0.25) is 0 Å². The fourth-order valence-corrected chi connectivity index (χ4v) is 3.05. The molecule has 7 nitrogen and oxygen atoms in total. The molecule has 1 amide bonds. The maximum atomic E-state index is 12.9. The predicted molar refractivity (Wildman–Crippen MR) is 105 cm³/mol. The van der Waals surface area contributed by atoms with Crippen LogP contribution in [0.5, 0.6) is 5.75 Å². The molecule has 0 saturated heterocycles. The van der Waals surface area contributed by atoms with Crippen LogP contribution in [0, 0.1) is 27.7 Å². The third kappa shape index (κ3) is 3.93. The molecule has 0 aliphatic rings. The molecule has 0 aliphatic carbocycles. The van der Waals surface area contributed by atoms with Crippen molar-refractivity contribution in [2.24, 2.45) is 7.05 Å². The molecule has 0 aliphatic heterocycles. The highest BCUT2D eigenvalue weighted by Gasteiger charge is 2.24. The number of carbonyl (C=O) groups is 1. The first-order valence-corrected chi connectivity index (χ1v) is 9.16. The largest absolute Gasteiger partial charge is 0.488 e. The molecule has 0 N–H and O–H groups in total. The van der Waals surface area contributed by atoms with Crippen molar-refractivity contribution in [1.29, 1.82) is 0 Å². The van der Waals surface area contributed by atoms with Crippen molar-refractivity contribution >= 4 is 5.91 Å². The lowest BCUT2D eigenvalue weighted by Crippen LogP contribution is -2.27. The third-order valence-electron chi connectivity index (χ3n) is 4.98. The van der Waals surface area contributed by atoms with Crippen molar-refractivity contribution in [3.05, 3.63) is 63.8 Å². The Balaban J connectivity index is 1.75. The molecule has 2 aromatic heterocycles. The van der Waals surface area contributed by atoms with Crippen LogP contribution in [0.3, 0.4) is 0 Å². The maximum Gasteiger partial charge on any atom is 0.276 e. The topological polar surface area (TPSA) is 73.4 Å². The van der Waals surface area contributed by atoms with Gasteiger partial charge in [0.25, 0.3) is 5.91 Å². The van der Waals surface area contributed by atoms with Gasteiger partial charge in [0, 0.05) is 31.9 Å². The maximum absolute atomic E-state index is 12.9. The predicted octanol–water partition coefficient (Wildman–Crippen LogP) is 3.49. The normalized spacial score (nSPS) is 10.9. The lowest BCUT2D eigenvalue weighted by molar-refractivity contribution is 0.0772. The molecular formula is C21H26N4O3. The number of carbonyl (C=O) groups excluding carboxylic acids is 1. The molecule has 3 aromatic rings. The van der Waals surface area contributed by atoms with Crippen molar-refractivity contribution in [2.45, 2.75) is 40.8 Å². The van der Waals surface area contributed by atoms with Crippen molar-refractivity contribution in [3.63, 3.8) is 0 Å². The Hall–Kier alpha value is -3.09. The Morgan fingerprint density at radius 2 is 2.00 bits per heavy atom. The van der Waals surface area contributed by atoms with E-state index in [4.69, 9.17) is 9.26 Å². The lowest BCUT2D eigenvalue weighted by Gasteiger charge is -2.16. The van der Waals surface area contributed by atoms with Crippen molar-refractivity contribution in [3.8, 4) is 5.75 Å². The Labute approximate surface area is 164 Å². The zero-order valence-corrected chi connectivity index (χ0v) is 17.2. The second-order valence-electron chi connectivity index (χ2n) is 7.16. The first kappa shape index (κ1) is 19.7. The van der Waals surface area contributed by atoms with Gasteiger partial charge in [-0.05, 0) is 39.3 Å². The first-order chi connectivity index (χ1) is 13.3. The average molecular weight is 382 g/mol. The first-order valence-electron chi connectivity index (χ1n) is 9.16. The van der Waals surface area contributed by atoms with Crippen LogP contribution in [0.15, 0.2) is 28.9 Å². The van der Waals surface area contributed by atoms with Gasteiger partial charge in [-0.25, -0.2) is 0 Å². The molecule has 0 spiro atoms. The van der Waals surface area contributed by atoms with Gasteiger partial charge >= 0.3 is 0 Å². The van der Waals surface area contributed by atoms with E-state index >= 15 is 0 Å². The van der Waals surface area contributed by atoms with Crippen LogP contribution >= 0.6 is 0 Å². The van der Waals surface area contributed by atoms with E-state index in [-0.39, 0.29) is 18.2 Å². The van der Waals surface area contributed by atoms with Gasteiger partial charge in [0.15, 0.2) is 5.69 Å². The van der Waals surface area contributed by atoms with E-state index in [1.807, 2.05) is 40.0 Å². The Kier molecular flexibility index (Phi) is 5.53. The molecule has 0 saturated carbocycles. The third-order valence-corrected chi connectivity index (χ3v) is 4.98. The van der Waals surface area contributed by atoms with E-state index in [1.54, 1.807) is 29.7 Å². The molecule has 1 aromatic carbocycles. The number of ether oxygens (including phenoxy) is 1. The highest BCUT2D eigenvalue weighted by molar-refractivity contribution is 5.93. The van der Waals surface area contributed by atoms with E-state index in [0.29, 0.717) is 17.9 Å². The monoisotopic (exact) mass is 382 g/mol. The summed E-state index contributed by atoms with van der Waals surface area (Å²) in [6, 6.07) is 6.00. The highest BCUT2D eigenvalue weighted by atomic mass is 16.5. The molecule has 0 unspecified atom stereocenters. The van der Waals surface area contributed by atoms with Gasteiger partial charge < -0.3 is 14.2 Å². The molecule has 0 bridgehead atoms. The highest BCUT2D eigenvalue weighted by Crippen LogP contribution is 2.23. The number of nitrogens with zero attached hydrogens (tertiary/aromatic N) is 4. The molecule has 0 atom stereocenters. The minimum absolute atomic E-state index is 0.209. The van der Waals surface area contributed by atoms with Crippen molar-refractivity contribution in [2.75, 3.05) is 7.05 Å². The van der Waals surface area contributed by atoms with Crippen LogP contribution in [0.4, 0.5) is 0 Å². The van der Waals surface area contributed by atoms with Gasteiger partial charge in [-0.1, -0.05) is 22.9 Å². The summed E-state index contributed by atoms with van der Waals surface area (Å²) in [7, 11) is 3.62. The fraction of sp³-hybridized carbons (Fsp3) is 0.381. The summed E-state index contributed by atoms with van der Waals surface area (Å²) >= 11 is 0. The quantitative estimate of drug-likeness (QED) is 0.652. The van der Waals surface area contributed by atoms with Gasteiger partial charge in [-0.3, -0.25) is 9.48 Å². The van der Waals surface area contributed by atoms with Crippen LogP contribution in [0.25, 0.3) is 0 Å². The SMILES string of the molecule is Cc1ccc(OCc2c(C(=O)N(C)Cc3cnn(C)c3C)noc2C)c(C)c1. The molecule has 148 valence electrons. The van der Waals surface area contributed by atoms with E-state index in [0.717, 1.165) is 22.6 Å². The standard InChI is InChI=1S/C21H26N4O3/c1-13-7-8-19(14(2)9-13)27-12-18-16(4)28-23-20(18)21(26)24(5)11-17-10-22-25(6)15(17)3/h7-10H,11-12H2,1-6H3. The number of aryl methyl sites for hydroxylation is 4. The summed E-state index contributed by atoms with van der Waals surface area (Å²) in [5.74, 6) is 1.15. The molecule has 28 heavy (non-hydrogen) atoms. The molecule has 0 radical (unpaired) electrons. The molecule has 3 rings (SSSR count). The molecular weight excluding hydrogens is 356 g/mol. The van der Waals surface area contributed by atoms with Gasteiger partial charge in [-0.15, -0.1) is 0 Å². The number of hydrogen-bond donors (Lipinski definition) is 0. The summed E-state index contributed by atoms with van der Waals surface area (Å²) in [6.07, 6.45) is 1.78. The summed E-state index contributed by atoms with van der Waals surface area (Å²) < 4.78 is 13.0. The fourth-order valence-electron chi connectivity index (χ4n) is 3.05. The van der Waals surface area contributed by atoms with Crippen LogP contribution < -0.4 is 4.74 Å². The van der Waals surface area contributed by atoms with Crippen molar-refractivity contribution < 1.29 is 14.1 Å². The number of rotatable bonds is 6. The Morgan fingerprint density at radius 3 is 2.64 bits per heavy atom. The van der Waals surface area contributed by atoms with Gasteiger partial charge in [0.1, 0.15) is 18.1 Å². The number of amides is 1. The van der Waals surface area contributed by atoms with E-state index in [2.05, 4.69) is 16.3 Å². The van der Waals surface area contributed by atoms with Crippen LogP contribution in [-0.2, 0) is 20.2 Å². The van der Waals surface area contributed by atoms with E-state index < -0.39 is 0 Å². The number of aromatic nitrogens is 3. The minimum atomic E-state index is -0.209.